The van der Waals surface area contributed by atoms with Gasteiger partial charge in [-0.1, -0.05) is 46.3 Å². The summed E-state index contributed by atoms with van der Waals surface area (Å²) in [7, 11) is 0. The van der Waals surface area contributed by atoms with E-state index in [1.165, 1.54) is 11.1 Å². The molecule has 3 nitrogen and oxygen atoms in total. The van der Waals surface area contributed by atoms with Gasteiger partial charge in [0.15, 0.2) is 6.61 Å². The van der Waals surface area contributed by atoms with E-state index >= 15 is 0 Å². The summed E-state index contributed by atoms with van der Waals surface area (Å²) in [5.41, 5.74) is 2.42. The molecule has 1 N–H and O–H groups in total. The standard InChI is InChI=1S/C17H17BrN2O/c1-13(16-4-2-3-5-17(16)18)20-12-14-6-8-15(9-7-14)21-11-10-19/h2-9,13,20H,11-12H2,1H3. The molecule has 0 heterocycles. The van der Waals surface area contributed by atoms with Crippen LogP contribution in [0.2, 0.25) is 0 Å². The lowest BCUT2D eigenvalue weighted by Gasteiger charge is -2.16. The Morgan fingerprint density at radius 3 is 2.57 bits per heavy atom. The zero-order valence-corrected chi connectivity index (χ0v) is 13.4. The van der Waals surface area contributed by atoms with E-state index in [0.717, 1.165) is 16.8 Å². The molecule has 0 radical (unpaired) electrons. The lowest BCUT2D eigenvalue weighted by molar-refractivity contribution is 0.368. The van der Waals surface area contributed by atoms with Crippen molar-refractivity contribution in [2.24, 2.45) is 0 Å². The van der Waals surface area contributed by atoms with Gasteiger partial charge in [-0.3, -0.25) is 0 Å². The molecule has 1 atom stereocenters. The minimum Gasteiger partial charge on any atom is -0.479 e. The highest BCUT2D eigenvalue weighted by molar-refractivity contribution is 9.10. The topological polar surface area (TPSA) is 45.0 Å². The van der Waals surface area contributed by atoms with Gasteiger partial charge in [0, 0.05) is 17.1 Å². The Morgan fingerprint density at radius 1 is 1.19 bits per heavy atom. The number of nitrogens with one attached hydrogen (secondary N) is 1. The van der Waals surface area contributed by atoms with Crippen LogP contribution in [0.25, 0.3) is 0 Å². The van der Waals surface area contributed by atoms with Crippen LogP contribution in [0.5, 0.6) is 5.75 Å². The number of hydrogen-bond donors (Lipinski definition) is 1. The van der Waals surface area contributed by atoms with Gasteiger partial charge < -0.3 is 10.1 Å². The molecule has 0 bridgehead atoms. The number of halogens is 1. The first kappa shape index (κ1) is 15.6. The van der Waals surface area contributed by atoms with Gasteiger partial charge in [-0.05, 0) is 36.2 Å². The SMILES string of the molecule is CC(NCc1ccc(OCC#N)cc1)c1ccccc1Br. The zero-order valence-electron chi connectivity index (χ0n) is 11.8. The van der Waals surface area contributed by atoms with Crippen LogP contribution in [0.1, 0.15) is 24.1 Å². The number of nitriles is 1. The van der Waals surface area contributed by atoms with Crippen LogP contribution in [0.15, 0.2) is 53.0 Å². The Balaban J connectivity index is 1.91. The minimum atomic E-state index is 0.0800. The molecule has 0 amide bonds. The Labute approximate surface area is 133 Å². The highest BCUT2D eigenvalue weighted by Crippen LogP contribution is 2.23. The average Bonchev–Trinajstić information content (AvgIpc) is 2.52. The third kappa shape index (κ3) is 4.59. The van der Waals surface area contributed by atoms with Crippen molar-refractivity contribution >= 4 is 15.9 Å². The van der Waals surface area contributed by atoms with Gasteiger partial charge in [0.25, 0.3) is 0 Å². The molecule has 0 saturated heterocycles. The smallest absolute Gasteiger partial charge is 0.174 e. The maximum Gasteiger partial charge on any atom is 0.174 e. The number of nitrogens with zero attached hydrogens (tertiary/aromatic N) is 1. The van der Waals surface area contributed by atoms with E-state index < -0.39 is 0 Å². The van der Waals surface area contributed by atoms with Crippen molar-refractivity contribution in [1.29, 1.82) is 5.26 Å². The lowest BCUT2D eigenvalue weighted by Crippen LogP contribution is -2.18. The summed E-state index contributed by atoms with van der Waals surface area (Å²) >= 11 is 3.57. The fourth-order valence-corrected chi connectivity index (χ4v) is 2.65. The van der Waals surface area contributed by atoms with E-state index in [4.69, 9.17) is 10.00 Å². The van der Waals surface area contributed by atoms with Gasteiger partial charge >= 0.3 is 0 Å². The fourth-order valence-electron chi connectivity index (χ4n) is 2.03. The molecule has 0 spiro atoms. The summed E-state index contributed by atoms with van der Waals surface area (Å²) in [5.74, 6) is 0.721. The van der Waals surface area contributed by atoms with Crippen LogP contribution < -0.4 is 10.1 Å². The van der Waals surface area contributed by atoms with E-state index in [1.807, 2.05) is 42.5 Å². The Kier molecular flexibility index (Phi) is 5.79. The Hall–Kier alpha value is -1.83. The molecule has 0 aliphatic heterocycles. The first-order chi connectivity index (χ1) is 10.2. The third-order valence-corrected chi connectivity index (χ3v) is 3.93. The van der Waals surface area contributed by atoms with Gasteiger partial charge in [0.05, 0.1) is 0 Å². The fraction of sp³-hybridized carbons (Fsp3) is 0.235. The summed E-state index contributed by atoms with van der Waals surface area (Å²) in [6, 6.07) is 18.2. The number of hydrogen-bond acceptors (Lipinski definition) is 3. The van der Waals surface area contributed by atoms with Gasteiger partial charge in [-0.2, -0.15) is 5.26 Å². The zero-order chi connectivity index (χ0) is 15.1. The van der Waals surface area contributed by atoms with Crippen molar-refractivity contribution in [1.82, 2.24) is 5.32 Å². The van der Waals surface area contributed by atoms with Crippen LogP contribution in [0, 0.1) is 11.3 Å². The van der Waals surface area contributed by atoms with Gasteiger partial charge in [0.2, 0.25) is 0 Å². The van der Waals surface area contributed by atoms with Gasteiger partial charge in [-0.25, -0.2) is 0 Å². The van der Waals surface area contributed by atoms with Crippen molar-refractivity contribution in [3.63, 3.8) is 0 Å². The lowest BCUT2D eigenvalue weighted by atomic mass is 10.1. The summed E-state index contributed by atoms with van der Waals surface area (Å²) in [6.07, 6.45) is 0. The van der Waals surface area contributed by atoms with Crippen LogP contribution in [-0.2, 0) is 6.54 Å². The van der Waals surface area contributed by atoms with E-state index in [1.54, 1.807) is 0 Å². The van der Waals surface area contributed by atoms with Crippen molar-refractivity contribution in [3.05, 3.63) is 64.1 Å². The second kappa shape index (κ2) is 7.82. The molecule has 0 saturated carbocycles. The Bertz CT molecular complexity index is 619. The number of benzene rings is 2. The normalized spacial score (nSPS) is 11.7. The molecule has 0 fully saturated rings. The quantitative estimate of drug-likeness (QED) is 0.853. The maximum absolute atomic E-state index is 8.47. The van der Waals surface area contributed by atoms with Crippen molar-refractivity contribution in [3.8, 4) is 11.8 Å². The molecule has 2 aromatic carbocycles. The minimum absolute atomic E-state index is 0.0800. The largest absolute Gasteiger partial charge is 0.479 e. The summed E-state index contributed by atoms with van der Waals surface area (Å²) in [6.45, 7) is 3.00. The Morgan fingerprint density at radius 2 is 1.90 bits per heavy atom. The predicted octanol–water partition coefficient (Wildman–Crippen LogP) is 4.20. The van der Waals surface area contributed by atoms with E-state index in [9.17, 15) is 0 Å². The molecule has 0 aromatic heterocycles. The van der Waals surface area contributed by atoms with Crippen LogP contribution >= 0.6 is 15.9 Å². The number of ether oxygens (including phenoxy) is 1. The molecule has 108 valence electrons. The molecule has 21 heavy (non-hydrogen) atoms. The molecule has 2 aromatic rings. The molecule has 4 heteroatoms. The van der Waals surface area contributed by atoms with E-state index in [-0.39, 0.29) is 12.6 Å². The monoisotopic (exact) mass is 344 g/mol. The summed E-state index contributed by atoms with van der Waals surface area (Å²) in [4.78, 5) is 0. The van der Waals surface area contributed by atoms with Crippen molar-refractivity contribution in [2.45, 2.75) is 19.5 Å². The van der Waals surface area contributed by atoms with E-state index in [2.05, 4.69) is 40.3 Å². The third-order valence-electron chi connectivity index (χ3n) is 3.21. The molecule has 2 rings (SSSR count). The van der Waals surface area contributed by atoms with Crippen LogP contribution in [0.4, 0.5) is 0 Å². The molecule has 0 aliphatic carbocycles. The second-order valence-corrected chi connectivity index (χ2v) is 5.57. The first-order valence-electron chi connectivity index (χ1n) is 6.77. The summed E-state index contributed by atoms with van der Waals surface area (Å²) in [5, 5.41) is 12.0. The van der Waals surface area contributed by atoms with Crippen molar-refractivity contribution in [2.75, 3.05) is 6.61 Å². The second-order valence-electron chi connectivity index (χ2n) is 4.71. The highest BCUT2D eigenvalue weighted by atomic mass is 79.9. The highest BCUT2D eigenvalue weighted by Gasteiger charge is 2.07. The molecular formula is C17H17BrN2O. The number of rotatable bonds is 6. The molecular weight excluding hydrogens is 328 g/mol. The maximum atomic E-state index is 8.47. The molecule has 0 aliphatic rings. The summed E-state index contributed by atoms with van der Waals surface area (Å²) < 4.78 is 6.35. The van der Waals surface area contributed by atoms with Gasteiger partial charge in [-0.15, -0.1) is 0 Å². The van der Waals surface area contributed by atoms with Crippen molar-refractivity contribution < 1.29 is 4.74 Å². The molecule has 1 unspecified atom stereocenters. The van der Waals surface area contributed by atoms with Gasteiger partial charge in [0.1, 0.15) is 11.8 Å². The van der Waals surface area contributed by atoms with Crippen LogP contribution in [0.3, 0.4) is 0 Å². The van der Waals surface area contributed by atoms with Crippen LogP contribution in [-0.4, -0.2) is 6.61 Å². The first-order valence-corrected chi connectivity index (χ1v) is 7.56. The predicted molar refractivity (Wildman–Crippen MR) is 86.9 cm³/mol. The van der Waals surface area contributed by atoms with E-state index in [0.29, 0.717) is 0 Å². The average molecular weight is 345 g/mol.